The van der Waals surface area contributed by atoms with Crippen LogP contribution in [-0.4, -0.2) is 36.7 Å². The minimum absolute atomic E-state index is 0.104. The van der Waals surface area contributed by atoms with Gasteiger partial charge in [-0.3, -0.25) is 15.0 Å². The first kappa shape index (κ1) is 28.4. The van der Waals surface area contributed by atoms with Gasteiger partial charge >= 0.3 is 12.0 Å². The number of aliphatic carboxylic acids is 1. The fraction of sp³-hybridized carbons (Fsp3) is 0.400. The Balaban J connectivity index is 1.57. The van der Waals surface area contributed by atoms with Crippen LogP contribution in [0.1, 0.15) is 55.0 Å². The van der Waals surface area contributed by atoms with Crippen LogP contribution in [0.15, 0.2) is 60.0 Å². The number of hydrogen-bond acceptors (Lipinski definition) is 4. The minimum Gasteiger partial charge on any atom is -0.480 e. The lowest BCUT2D eigenvalue weighted by atomic mass is 10.00. The van der Waals surface area contributed by atoms with E-state index in [-0.39, 0.29) is 6.03 Å². The van der Waals surface area contributed by atoms with Gasteiger partial charge in [-0.05, 0) is 65.6 Å². The molecule has 0 aliphatic rings. The number of thiophene rings is 1. The first-order chi connectivity index (χ1) is 17.9. The Bertz CT molecular complexity index is 1140. The molecule has 3 N–H and O–H groups in total. The van der Waals surface area contributed by atoms with Gasteiger partial charge in [0, 0.05) is 30.7 Å². The maximum atomic E-state index is 12.6. The van der Waals surface area contributed by atoms with E-state index in [9.17, 15) is 14.7 Å². The van der Waals surface area contributed by atoms with Crippen LogP contribution in [0.5, 0.6) is 0 Å². The van der Waals surface area contributed by atoms with Crippen molar-refractivity contribution in [2.75, 3.05) is 18.5 Å². The third-order valence-corrected chi connectivity index (χ3v) is 7.62. The minimum atomic E-state index is -0.853. The zero-order valence-electron chi connectivity index (χ0n) is 22.1. The van der Waals surface area contributed by atoms with E-state index in [1.165, 1.54) is 24.8 Å². The molecule has 0 aliphatic carbocycles. The highest BCUT2D eigenvalue weighted by Crippen LogP contribution is 2.25. The molecule has 0 spiro atoms. The highest BCUT2D eigenvalue weighted by Gasteiger charge is 2.18. The molecular formula is C30H39N3O3S. The van der Waals surface area contributed by atoms with Gasteiger partial charge in [-0.2, -0.15) is 0 Å². The average molecular weight is 522 g/mol. The number of benzene rings is 2. The Labute approximate surface area is 224 Å². The van der Waals surface area contributed by atoms with Gasteiger partial charge in [-0.1, -0.05) is 69.0 Å². The number of carboxylic acids is 1. The van der Waals surface area contributed by atoms with E-state index in [4.69, 9.17) is 0 Å². The number of carboxylic acid groups (broad SMARTS) is 1. The summed E-state index contributed by atoms with van der Waals surface area (Å²) in [6, 6.07) is 17.1. The van der Waals surface area contributed by atoms with Crippen molar-refractivity contribution in [1.29, 1.82) is 0 Å². The van der Waals surface area contributed by atoms with E-state index in [2.05, 4.69) is 17.6 Å². The second-order valence-electron chi connectivity index (χ2n) is 9.46. The second kappa shape index (κ2) is 14.5. The predicted octanol–water partition coefficient (Wildman–Crippen LogP) is 6.63. The van der Waals surface area contributed by atoms with Gasteiger partial charge < -0.3 is 10.4 Å². The zero-order chi connectivity index (χ0) is 26.6. The van der Waals surface area contributed by atoms with Crippen LogP contribution in [0, 0.1) is 6.92 Å². The van der Waals surface area contributed by atoms with Crippen molar-refractivity contribution in [3.8, 4) is 11.1 Å². The number of nitrogens with one attached hydrogen (secondary N) is 2. The van der Waals surface area contributed by atoms with E-state index in [1.54, 1.807) is 23.3 Å². The Hall–Kier alpha value is -3.16. The molecule has 1 aromatic heterocycles. The zero-order valence-corrected chi connectivity index (χ0v) is 22.9. The van der Waals surface area contributed by atoms with Crippen molar-refractivity contribution < 1.29 is 14.7 Å². The summed E-state index contributed by atoms with van der Waals surface area (Å²) in [5.41, 5.74) is 4.98. The molecule has 0 saturated carbocycles. The van der Waals surface area contributed by atoms with Crippen molar-refractivity contribution in [2.45, 2.75) is 65.0 Å². The topological polar surface area (TPSA) is 81.7 Å². The molecular weight excluding hydrogens is 482 g/mol. The third kappa shape index (κ3) is 8.72. The molecule has 1 heterocycles. The van der Waals surface area contributed by atoms with Gasteiger partial charge in [0.05, 0.1) is 0 Å². The predicted molar refractivity (Wildman–Crippen MR) is 153 cm³/mol. The first-order valence-corrected chi connectivity index (χ1v) is 14.0. The quantitative estimate of drug-likeness (QED) is 0.208. The molecule has 0 bridgehead atoms. The number of carbonyl (C=O) groups is 2. The van der Waals surface area contributed by atoms with Crippen LogP contribution >= 0.6 is 11.3 Å². The molecule has 3 aromatic rings. The standard InChI is InChI=1S/C30H39N3O3S/c1-4-5-6-7-8-17-31-30(36)33(3)26-11-9-10-25(20-26)24-14-12-23(13-15-24)19-27(29(34)35)32-21-28-22(2)16-18-37-28/h9-16,18,20,27,32H,4-8,17,19,21H2,1-3H3,(H,31,36)(H,34,35). The smallest absolute Gasteiger partial charge is 0.321 e. The van der Waals surface area contributed by atoms with Crippen molar-refractivity contribution in [3.63, 3.8) is 0 Å². The lowest BCUT2D eigenvalue weighted by molar-refractivity contribution is -0.139. The summed E-state index contributed by atoms with van der Waals surface area (Å²) >= 11 is 1.64. The van der Waals surface area contributed by atoms with E-state index in [1.807, 2.05) is 66.9 Å². The SMILES string of the molecule is CCCCCCCNC(=O)N(C)c1cccc(-c2ccc(CC(NCc3sccc3C)C(=O)O)cc2)c1. The number of nitrogens with zero attached hydrogens (tertiary/aromatic N) is 1. The molecule has 37 heavy (non-hydrogen) atoms. The second-order valence-corrected chi connectivity index (χ2v) is 10.5. The molecule has 1 atom stereocenters. The third-order valence-electron chi connectivity index (χ3n) is 6.60. The van der Waals surface area contributed by atoms with E-state index in [0.29, 0.717) is 19.5 Å². The Morgan fingerprint density at radius 1 is 1.00 bits per heavy atom. The number of urea groups is 1. The van der Waals surface area contributed by atoms with Gasteiger partial charge in [0.1, 0.15) is 6.04 Å². The van der Waals surface area contributed by atoms with Gasteiger partial charge in [-0.25, -0.2) is 4.79 Å². The number of carbonyl (C=O) groups excluding carboxylic acids is 1. The number of unbranched alkanes of at least 4 members (excludes halogenated alkanes) is 4. The molecule has 3 rings (SSSR count). The first-order valence-electron chi connectivity index (χ1n) is 13.1. The van der Waals surface area contributed by atoms with Gasteiger partial charge in [-0.15, -0.1) is 11.3 Å². The molecule has 198 valence electrons. The lowest BCUT2D eigenvalue weighted by Crippen LogP contribution is -2.38. The molecule has 0 aliphatic heterocycles. The Morgan fingerprint density at radius 3 is 2.43 bits per heavy atom. The Kier molecular flexibility index (Phi) is 11.2. The average Bonchev–Trinajstić information content (AvgIpc) is 3.32. The molecule has 0 fully saturated rings. The van der Waals surface area contributed by atoms with E-state index in [0.717, 1.165) is 40.1 Å². The van der Waals surface area contributed by atoms with Crippen LogP contribution in [0.2, 0.25) is 0 Å². The maximum Gasteiger partial charge on any atom is 0.321 e. The summed E-state index contributed by atoms with van der Waals surface area (Å²) in [6.07, 6.45) is 6.21. The number of anilines is 1. The highest BCUT2D eigenvalue weighted by molar-refractivity contribution is 7.10. The van der Waals surface area contributed by atoms with Gasteiger partial charge in [0.15, 0.2) is 0 Å². The lowest BCUT2D eigenvalue weighted by Gasteiger charge is -2.19. The van der Waals surface area contributed by atoms with E-state index >= 15 is 0 Å². The molecule has 1 unspecified atom stereocenters. The summed E-state index contributed by atoms with van der Waals surface area (Å²) in [7, 11) is 1.78. The summed E-state index contributed by atoms with van der Waals surface area (Å²) in [4.78, 5) is 27.2. The van der Waals surface area contributed by atoms with Crippen LogP contribution in [0.25, 0.3) is 11.1 Å². The monoisotopic (exact) mass is 521 g/mol. The largest absolute Gasteiger partial charge is 0.480 e. The number of amides is 2. The van der Waals surface area contributed by atoms with Crippen LogP contribution in [-0.2, 0) is 17.8 Å². The van der Waals surface area contributed by atoms with Crippen molar-refractivity contribution in [3.05, 3.63) is 76.0 Å². The highest BCUT2D eigenvalue weighted by atomic mass is 32.1. The normalized spacial score (nSPS) is 11.8. The van der Waals surface area contributed by atoms with Crippen LogP contribution in [0.4, 0.5) is 10.5 Å². The number of hydrogen-bond donors (Lipinski definition) is 3. The number of rotatable bonds is 14. The summed E-state index contributed by atoms with van der Waals surface area (Å²) in [5.74, 6) is -0.853. The molecule has 6 nitrogen and oxygen atoms in total. The van der Waals surface area contributed by atoms with Crippen molar-refractivity contribution in [2.24, 2.45) is 0 Å². The van der Waals surface area contributed by atoms with Crippen LogP contribution < -0.4 is 15.5 Å². The van der Waals surface area contributed by atoms with Crippen LogP contribution in [0.3, 0.4) is 0 Å². The molecule has 7 heteroatoms. The maximum absolute atomic E-state index is 12.6. The number of aryl methyl sites for hydroxylation is 1. The molecule has 0 saturated heterocycles. The molecule has 2 aromatic carbocycles. The van der Waals surface area contributed by atoms with Crippen molar-refractivity contribution >= 4 is 29.0 Å². The Morgan fingerprint density at radius 2 is 1.76 bits per heavy atom. The molecule has 2 amide bonds. The van der Waals surface area contributed by atoms with Crippen molar-refractivity contribution in [1.82, 2.24) is 10.6 Å². The van der Waals surface area contributed by atoms with Gasteiger partial charge in [0.2, 0.25) is 0 Å². The summed E-state index contributed by atoms with van der Waals surface area (Å²) in [5, 5.41) is 17.9. The fourth-order valence-electron chi connectivity index (χ4n) is 4.17. The fourth-order valence-corrected chi connectivity index (χ4v) is 5.03. The summed E-state index contributed by atoms with van der Waals surface area (Å²) in [6.45, 7) is 5.47. The van der Waals surface area contributed by atoms with Gasteiger partial charge in [0.25, 0.3) is 0 Å². The summed E-state index contributed by atoms with van der Waals surface area (Å²) < 4.78 is 0. The molecule has 0 radical (unpaired) electrons. The van der Waals surface area contributed by atoms with E-state index < -0.39 is 12.0 Å².